The number of benzene rings is 1. The maximum atomic E-state index is 12.9. The third-order valence-electron chi connectivity index (χ3n) is 5.10. The van der Waals surface area contributed by atoms with Gasteiger partial charge in [-0.05, 0) is 37.8 Å². The summed E-state index contributed by atoms with van der Waals surface area (Å²) in [4.78, 5) is 17.3. The molecule has 0 saturated heterocycles. The first-order valence-electron chi connectivity index (χ1n) is 8.61. The highest BCUT2D eigenvalue weighted by Gasteiger charge is 2.38. The molecule has 1 aromatic rings. The van der Waals surface area contributed by atoms with Crippen LogP contribution in [0, 0.1) is 0 Å². The van der Waals surface area contributed by atoms with Gasteiger partial charge in [-0.2, -0.15) is 0 Å². The lowest BCUT2D eigenvalue weighted by Crippen LogP contribution is -2.47. The zero-order chi connectivity index (χ0) is 14.9. The minimum Gasteiger partial charge on any atom is -0.490 e. The van der Waals surface area contributed by atoms with E-state index in [-0.39, 0.29) is 0 Å². The van der Waals surface area contributed by atoms with Crippen LogP contribution < -0.4 is 9.64 Å². The monoisotopic (exact) mass is 300 g/mol. The summed E-state index contributed by atoms with van der Waals surface area (Å²) in [6, 6.07) is 9.06. The van der Waals surface area contributed by atoms with Crippen molar-refractivity contribution in [3.63, 3.8) is 0 Å². The molecule has 0 unspecified atom stereocenters. The van der Waals surface area contributed by atoms with Gasteiger partial charge in [-0.3, -0.25) is 4.79 Å². The number of hydrogen-bond acceptors (Lipinski definition) is 3. The fourth-order valence-electron chi connectivity index (χ4n) is 3.88. The summed E-state index contributed by atoms with van der Waals surface area (Å²) in [7, 11) is 0. The lowest BCUT2D eigenvalue weighted by Gasteiger charge is -2.35. The van der Waals surface area contributed by atoms with E-state index < -0.39 is 0 Å². The van der Waals surface area contributed by atoms with Crippen molar-refractivity contribution in [2.24, 2.45) is 0 Å². The molecule has 2 aliphatic carbocycles. The molecule has 1 aromatic carbocycles. The molecule has 0 atom stereocenters. The molecule has 118 valence electrons. The van der Waals surface area contributed by atoms with Crippen LogP contribution in [0.3, 0.4) is 0 Å². The van der Waals surface area contributed by atoms with Gasteiger partial charge in [0.1, 0.15) is 12.4 Å². The molecule has 1 amide bonds. The van der Waals surface area contributed by atoms with E-state index in [1.165, 1.54) is 38.5 Å². The number of rotatable bonds is 4. The maximum Gasteiger partial charge on any atom is 0.242 e. The standard InChI is InChI=1S/C18H24N2O2/c21-18(20(15-9-10-15)14-5-1-2-6-14)13-19-11-12-22-17-8-4-3-7-16(17)19/h3-4,7-8,14-15H,1-2,5-6,9-13H2. The average Bonchev–Trinajstić information content (AvgIpc) is 3.22. The predicted molar refractivity (Wildman–Crippen MR) is 86.3 cm³/mol. The zero-order valence-electron chi connectivity index (χ0n) is 13.0. The second-order valence-corrected chi connectivity index (χ2v) is 6.71. The van der Waals surface area contributed by atoms with Gasteiger partial charge in [0.25, 0.3) is 0 Å². The predicted octanol–water partition coefficient (Wildman–Crippen LogP) is 2.82. The second kappa shape index (κ2) is 5.82. The summed E-state index contributed by atoms with van der Waals surface area (Å²) in [6.07, 6.45) is 7.34. The molecule has 4 heteroatoms. The number of nitrogens with zero attached hydrogens (tertiary/aromatic N) is 2. The Bertz CT molecular complexity index is 550. The van der Waals surface area contributed by atoms with Gasteiger partial charge in [0.2, 0.25) is 5.91 Å². The van der Waals surface area contributed by atoms with Crippen molar-refractivity contribution >= 4 is 11.6 Å². The molecular formula is C18H24N2O2. The Balaban J connectivity index is 1.49. The lowest BCUT2D eigenvalue weighted by molar-refractivity contribution is -0.132. The number of carbonyl (C=O) groups excluding carboxylic acids is 1. The Morgan fingerprint density at radius 3 is 2.64 bits per heavy atom. The number of amides is 1. The first-order chi connectivity index (χ1) is 10.8. The van der Waals surface area contributed by atoms with E-state index in [2.05, 4.69) is 15.9 Å². The summed E-state index contributed by atoms with van der Waals surface area (Å²) < 4.78 is 5.69. The van der Waals surface area contributed by atoms with Crippen LogP contribution in [-0.4, -0.2) is 42.6 Å². The van der Waals surface area contributed by atoms with E-state index in [4.69, 9.17) is 4.74 Å². The van der Waals surface area contributed by atoms with Gasteiger partial charge in [0, 0.05) is 12.1 Å². The fourth-order valence-corrected chi connectivity index (χ4v) is 3.88. The highest BCUT2D eigenvalue weighted by Crippen LogP contribution is 2.36. The van der Waals surface area contributed by atoms with Gasteiger partial charge in [-0.1, -0.05) is 25.0 Å². The van der Waals surface area contributed by atoms with Crippen molar-refractivity contribution in [2.45, 2.75) is 50.6 Å². The van der Waals surface area contributed by atoms with Crippen LogP contribution >= 0.6 is 0 Å². The van der Waals surface area contributed by atoms with Crippen LogP contribution in [0.2, 0.25) is 0 Å². The molecule has 0 N–H and O–H groups in total. The molecule has 2 saturated carbocycles. The van der Waals surface area contributed by atoms with Crippen molar-refractivity contribution in [2.75, 3.05) is 24.6 Å². The molecule has 1 heterocycles. The number of hydrogen-bond donors (Lipinski definition) is 0. The van der Waals surface area contributed by atoms with E-state index in [0.717, 1.165) is 18.0 Å². The minimum atomic E-state index is 0.311. The van der Waals surface area contributed by atoms with Crippen molar-refractivity contribution < 1.29 is 9.53 Å². The molecule has 2 fully saturated rings. The highest BCUT2D eigenvalue weighted by atomic mass is 16.5. The van der Waals surface area contributed by atoms with Crippen molar-refractivity contribution in [1.29, 1.82) is 0 Å². The maximum absolute atomic E-state index is 12.9. The lowest BCUT2D eigenvalue weighted by atomic mass is 10.2. The second-order valence-electron chi connectivity index (χ2n) is 6.71. The van der Waals surface area contributed by atoms with Crippen molar-refractivity contribution in [3.05, 3.63) is 24.3 Å². The molecule has 0 radical (unpaired) electrons. The van der Waals surface area contributed by atoms with E-state index in [9.17, 15) is 4.79 Å². The zero-order valence-corrected chi connectivity index (χ0v) is 13.0. The van der Waals surface area contributed by atoms with Crippen LogP contribution in [-0.2, 0) is 4.79 Å². The number of carbonyl (C=O) groups is 1. The Morgan fingerprint density at radius 1 is 1.14 bits per heavy atom. The van der Waals surface area contributed by atoms with Gasteiger partial charge in [-0.25, -0.2) is 0 Å². The van der Waals surface area contributed by atoms with Crippen molar-refractivity contribution in [3.8, 4) is 5.75 Å². The summed E-state index contributed by atoms with van der Waals surface area (Å²) in [5.41, 5.74) is 1.06. The first-order valence-corrected chi connectivity index (χ1v) is 8.61. The summed E-state index contributed by atoms with van der Waals surface area (Å²) in [5, 5.41) is 0. The molecule has 1 aliphatic heterocycles. The molecule has 4 rings (SSSR count). The Morgan fingerprint density at radius 2 is 1.86 bits per heavy atom. The Kier molecular flexibility index (Phi) is 3.68. The highest BCUT2D eigenvalue weighted by molar-refractivity contribution is 5.83. The Hall–Kier alpha value is -1.71. The van der Waals surface area contributed by atoms with E-state index in [1.807, 2.05) is 18.2 Å². The molecule has 0 bridgehead atoms. The van der Waals surface area contributed by atoms with Gasteiger partial charge < -0.3 is 14.5 Å². The molecule has 3 aliphatic rings. The molecule has 0 spiro atoms. The van der Waals surface area contributed by atoms with Gasteiger partial charge in [0.15, 0.2) is 0 Å². The van der Waals surface area contributed by atoms with Crippen molar-refractivity contribution in [1.82, 2.24) is 4.90 Å². The number of anilines is 1. The van der Waals surface area contributed by atoms with Gasteiger partial charge in [-0.15, -0.1) is 0 Å². The largest absolute Gasteiger partial charge is 0.490 e. The normalized spacial score (nSPS) is 21.4. The summed E-state index contributed by atoms with van der Waals surface area (Å²) in [5.74, 6) is 1.21. The van der Waals surface area contributed by atoms with E-state index in [0.29, 0.717) is 31.1 Å². The Labute approximate surface area is 132 Å². The van der Waals surface area contributed by atoms with Crippen LogP contribution in [0.15, 0.2) is 24.3 Å². The first kappa shape index (κ1) is 13.9. The quantitative estimate of drug-likeness (QED) is 0.857. The summed E-state index contributed by atoms with van der Waals surface area (Å²) >= 11 is 0. The third kappa shape index (κ3) is 2.67. The molecule has 4 nitrogen and oxygen atoms in total. The van der Waals surface area contributed by atoms with E-state index in [1.54, 1.807) is 0 Å². The van der Waals surface area contributed by atoms with Gasteiger partial charge in [0.05, 0.1) is 18.8 Å². The third-order valence-corrected chi connectivity index (χ3v) is 5.10. The topological polar surface area (TPSA) is 32.8 Å². The smallest absolute Gasteiger partial charge is 0.242 e. The number of ether oxygens (including phenoxy) is 1. The molecule has 22 heavy (non-hydrogen) atoms. The average molecular weight is 300 g/mol. The minimum absolute atomic E-state index is 0.311. The SMILES string of the molecule is O=C(CN1CCOc2ccccc21)N(C1CCCC1)C1CC1. The number of fused-ring (bicyclic) bond motifs is 1. The molecule has 0 aromatic heterocycles. The number of para-hydroxylation sites is 2. The van der Waals surface area contributed by atoms with Gasteiger partial charge >= 0.3 is 0 Å². The van der Waals surface area contributed by atoms with Crippen LogP contribution in [0.1, 0.15) is 38.5 Å². The van der Waals surface area contributed by atoms with Crippen LogP contribution in [0.5, 0.6) is 5.75 Å². The summed E-state index contributed by atoms with van der Waals surface area (Å²) in [6.45, 7) is 1.95. The fraction of sp³-hybridized carbons (Fsp3) is 0.611. The van der Waals surface area contributed by atoms with Crippen LogP contribution in [0.25, 0.3) is 0 Å². The van der Waals surface area contributed by atoms with E-state index >= 15 is 0 Å². The molecular weight excluding hydrogens is 276 g/mol. The van der Waals surface area contributed by atoms with Crippen LogP contribution in [0.4, 0.5) is 5.69 Å².